The zero-order valence-electron chi connectivity index (χ0n) is 17.8. The number of nitrogens with zero attached hydrogens (tertiary/aromatic N) is 2. The van der Waals surface area contributed by atoms with Crippen LogP contribution < -0.4 is 10.9 Å². The molecule has 3 aromatic heterocycles. The number of thiophene rings is 2. The standard InChI is InChI=1S/C23H23N3O2S3/c1-5-26-22(28)19-16(18-7-6-10-29-18)12-30-21(19)25-23(26)31-15(4)20(27)24-17-11-13(2)8-9-14(17)3/h6-12,15H,5H2,1-4H3,(H,24,27). The Bertz CT molecular complexity index is 1310. The lowest BCUT2D eigenvalue weighted by Gasteiger charge is -2.16. The predicted molar refractivity (Wildman–Crippen MR) is 133 cm³/mol. The van der Waals surface area contributed by atoms with Crippen LogP contribution in [-0.2, 0) is 11.3 Å². The Morgan fingerprint density at radius 1 is 1.26 bits per heavy atom. The summed E-state index contributed by atoms with van der Waals surface area (Å²) in [5, 5.41) is 7.84. The average Bonchev–Trinajstić information content (AvgIpc) is 3.40. The third-order valence-corrected chi connectivity index (χ3v) is 7.93. The number of aromatic nitrogens is 2. The second-order valence-corrected chi connectivity index (χ2v) is 10.4. The maximum Gasteiger partial charge on any atom is 0.263 e. The van der Waals surface area contributed by atoms with Crippen LogP contribution in [0.25, 0.3) is 20.7 Å². The zero-order chi connectivity index (χ0) is 22.1. The van der Waals surface area contributed by atoms with Crippen molar-refractivity contribution in [3.05, 3.63) is 62.6 Å². The lowest BCUT2D eigenvalue weighted by Crippen LogP contribution is -2.26. The van der Waals surface area contributed by atoms with E-state index in [1.807, 2.05) is 68.8 Å². The zero-order valence-corrected chi connectivity index (χ0v) is 20.2. The van der Waals surface area contributed by atoms with E-state index in [-0.39, 0.29) is 11.5 Å². The van der Waals surface area contributed by atoms with Gasteiger partial charge in [-0.1, -0.05) is 30.0 Å². The molecule has 0 aliphatic carbocycles. The summed E-state index contributed by atoms with van der Waals surface area (Å²) in [7, 11) is 0. The molecule has 0 aliphatic heterocycles. The van der Waals surface area contributed by atoms with Crippen molar-refractivity contribution in [1.82, 2.24) is 9.55 Å². The van der Waals surface area contributed by atoms with Crippen LogP contribution in [0.1, 0.15) is 25.0 Å². The number of hydrogen-bond acceptors (Lipinski definition) is 6. The molecule has 3 heterocycles. The van der Waals surface area contributed by atoms with Gasteiger partial charge in [-0.25, -0.2) is 4.98 Å². The van der Waals surface area contributed by atoms with E-state index in [4.69, 9.17) is 4.98 Å². The number of carbonyl (C=O) groups excluding carboxylic acids is 1. The highest BCUT2D eigenvalue weighted by Crippen LogP contribution is 2.35. The number of carbonyl (C=O) groups is 1. The van der Waals surface area contributed by atoms with Gasteiger partial charge in [0.25, 0.3) is 5.56 Å². The molecule has 0 fully saturated rings. The average molecular weight is 470 g/mol. The smallest absolute Gasteiger partial charge is 0.263 e. The van der Waals surface area contributed by atoms with Crippen LogP contribution in [0.2, 0.25) is 0 Å². The molecular weight excluding hydrogens is 446 g/mol. The van der Waals surface area contributed by atoms with Crippen LogP contribution in [0, 0.1) is 13.8 Å². The van der Waals surface area contributed by atoms with Gasteiger partial charge in [-0.2, -0.15) is 0 Å². The first kappa shape index (κ1) is 21.8. The summed E-state index contributed by atoms with van der Waals surface area (Å²) in [4.78, 5) is 32.7. The summed E-state index contributed by atoms with van der Waals surface area (Å²) in [6.07, 6.45) is 0. The predicted octanol–water partition coefficient (Wildman–Crippen LogP) is 5.94. The fourth-order valence-corrected chi connectivity index (χ4v) is 6.08. The van der Waals surface area contributed by atoms with Gasteiger partial charge in [0.1, 0.15) is 4.83 Å². The van der Waals surface area contributed by atoms with E-state index in [9.17, 15) is 9.59 Å². The highest BCUT2D eigenvalue weighted by molar-refractivity contribution is 8.00. The molecule has 0 bridgehead atoms. The van der Waals surface area contributed by atoms with Crippen LogP contribution in [0.3, 0.4) is 0 Å². The van der Waals surface area contributed by atoms with Gasteiger partial charge in [-0.15, -0.1) is 22.7 Å². The minimum absolute atomic E-state index is 0.0539. The maximum absolute atomic E-state index is 13.3. The number of rotatable bonds is 6. The fourth-order valence-electron chi connectivity index (χ4n) is 3.30. The second-order valence-electron chi connectivity index (χ2n) is 7.32. The van der Waals surface area contributed by atoms with Crippen molar-refractivity contribution >= 4 is 56.2 Å². The molecule has 1 aromatic carbocycles. The third-order valence-electron chi connectivity index (χ3n) is 5.06. The number of fused-ring (bicyclic) bond motifs is 1. The maximum atomic E-state index is 13.3. The van der Waals surface area contributed by atoms with Crippen molar-refractivity contribution in [2.45, 2.75) is 44.6 Å². The van der Waals surface area contributed by atoms with Gasteiger partial charge in [0, 0.05) is 28.1 Å². The number of amides is 1. The van der Waals surface area contributed by atoms with Gasteiger partial charge in [0.05, 0.1) is 10.6 Å². The van der Waals surface area contributed by atoms with E-state index in [1.165, 1.54) is 23.1 Å². The molecule has 4 rings (SSSR count). The van der Waals surface area contributed by atoms with Gasteiger partial charge in [-0.3, -0.25) is 14.2 Å². The Labute approximate surface area is 193 Å². The molecule has 8 heteroatoms. The molecule has 4 aromatic rings. The number of anilines is 1. The quantitative estimate of drug-likeness (QED) is 0.280. The van der Waals surface area contributed by atoms with Crippen LogP contribution in [0.5, 0.6) is 0 Å². The first-order valence-electron chi connectivity index (χ1n) is 9.99. The van der Waals surface area contributed by atoms with E-state index >= 15 is 0 Å². The number of thioether (sulfide) groups is 1. The number of aryl methyl sites for hydroxylation is 2. The highest BCUT2D eigenvalue weighted by atomic mass is 32.2. The largest absolute Gasteiger partial charge is 0.325 e. The van der Waals surface area contributed by atoms with Crippen molar-refractivity contribution < 1.29 is 4.79 Å². The molecule has 0 radical (unpaired) electrons. The van der Waals surface area contributed by atoms with Crippen molar-refractivity contribution in [3.63, 3.8) is 0 Å². The Morgan fingerprint density at radius 2 is 2.06 bits per heavy atom. The SMILES string of the molecule is CCn1c(SC(C)C(=O)Nc2cc(C)ccc2C)nc2scc(-c3cccs3)c2c1=O. The second kappa shape index (κ2) is 8.98. The van der Waals surface area contributed by atoms with Gasteiger partial charge < -0.3 is 5.32 Å². The van der Waals surface area contributed by atoms with Crippen LogP contribution in [0.4, 0.5) is 5.69 Å². The van der Waals surface area contributed by atoms with Crippen LogP contribution >= 0.6 is 34.4 Å². The highest BCUT2D eigenvalue weighted by Gasteiger charge is 2.22. The molecule has 160 valence electrons. The van der Waals surface area contributed by atoms with E-state index in [2.05, 4.69) is 5.32 Å². The van der Waals surface area contributed by atoms with Crippen molar-refractivity contribution in [1.29, 1.82) is 0 Å². The lowest BCUT2D eigenvalue weighted by molar-refractivity contribution is -0.115. The van der Waals surface area contributed by atoms with Crippen LogP contribution in [-0.4, -0.2) is 20.7 Å². The molecule has 5 nitrogen and oxygen atoms in total. The molecule has 0 saturated heterocycles. The van der Waals surface area contributed by atoms with Crippen molar-refractivity contribution in [2.24, 2.45) is 0 Å². The third kappa shape index (κ3) is 4.33. The minimum atomic E-state index is -0.404. The van der Waals surface area contributed by atoms with Crippen LogP contribution in [0.15, 0.2) is 51.0 Å². The monoisotopic (exact) mass is 469 g/mol. The number of hydrogen-bond donors (Lipinski definition) is 1. The molecule has 0 spiro atoms. The molecule has 0 saturated carbocycles. The molecule has 1 atom stereocenters. The van der Waals surface area contributed by atoms with E-state index in [0.29, 0.717) is 21.9 Å². The van der Waals surface area contributed by atoms with Gasteiger partial charge in [0.15, 0.2) is 5.16 Å². The summed E-state index contributed by atoms with van der Waals surface area (Å²) in [5.41, 5.74) is 3.80. The molecular formula is C23H23N3O2S3. The summed E-state index contributed by atoms with van der Waals surface area (Å²) in [5.74, 6) is -0.110. The fraction of sp³-hybridized carbons (Fsp3) is 0.261. The molecule has 1 unspecified atom stereocenters. The number of benzene rings is 1. The van der Waals surface area contributed by atoms with Gasteiger partial charge in [0.2, 0.25) is 5.91 Å². The van der Waals surface area contributed by atoms with Crippen molar-refractivity contribution in [2.75, 3.05) is 5.32 Å². The summed E-state index contributed by atoms with van der Waals surface area (Å²) in [6, 6.07) is 9.98. The summed E-state index contributed by atoms with van der Waals surface area (Å²) >= 11 is 4.40. The molecule has 1 amide bonds. The molecule has 1 N–H and O–H groups in total. The lowest BCUT2D eigenvalue weighted by atomic mass is 10.1. The Morgan fingerprint density at radius 3 is 2.77 bits per heavy atom. The molecule has 0 aliphatic rings. The van der Waals surface area contributed by atoms with E-state index < -0.39 is 5.25 Å². The van der Waals surface area contributed by atoms with E-state index in [0.717, 1.165) is 27.3 Å². The van der Waals surface area contributed by atoms with Gasteiger partial charge >= 0.3 is 0 Å². The minimum Gasteiger partial charge on any atom is -0.325 e. The summed E-state index contributed by atoms with van der Waals surface area (Å²) in [6.45, 7) is 8.23. The first-order valence-corrected chi connectivity index (χ1v) is 12.6. The topological polar surface area (TPSA) is 64.0 Å². The molecule has 31 heavy (non-hydrogen) atoms. The number of nitrogens with one attached hydrogen (secondary N) is 1. The first-order chi connectivity index (χ1) is 14.9. The van der Waals surface area contributed by atoms with Gasteiger partial charge in [-0.05, 0) is 56.3 Å². The summed E-state index contributed by atoms with van der Waals surface area (Å²) < 4.78 is 1.67. The Hall–Kier alpha value is -2.42. The Kier molecular flexibility index (Phi) is 6.31. The normalized spacial score (nSPS) is 12.3. The van der Waals surface area contributed by atoms with E-state index in [1.54, 1.807) is 15.9 Å². The van der Waals surface area contributed by atoms with Crippen molar-refractivity contribution in [3.8, 4) is 10.4 Å². The Balaban J connectivity index is 1.64.